The first-order chi connectivity index (χ1) is 26.7. The van der Waals surface area contributed by atoms with Crippen molar-refractivity contribution in [2.24, 2.45) is 11.3 Å². The molecule has 1 aromatic carbocycles. The van der Waals surface area contributed by atoms with Gasteiger partial charge >= 0.3 is 23.9 Å². The zero-order chi connectivity index (χ0) is 40.4. The molecule has 3 heterocycles. The molecule has 15 nitrogen and oxygen atoms in total. The third-order valence-corrected chi connectivity index (χ3v) is 11.7. The quantitative estimate of drug-likeness (QED) is 0.0755. The topological polar surface area (TPSA) is 198 Å². The van der Waals surface area contributed by atoms with Gasteiger partial charge < -0.3 is 23.7 Å². The molecule has 15 heteroatoms. The number of fused-ring (bicyclic) bond motifs is 1. The van der Waals surface area contributed by atoms with E-state index in [1.165, 1.54) is 20.1 Å². The summed E-state index contributed by atoms with van der Waals surface area (Å²) >= 11 is 0. The van der Waals surface area contributed by atoms with Gasteiger partial charge in [0.05, 0.1) is 31.5 Å². The highest BCUT2D eigenvalue weighted by Crippen LogP contribution is 2.65. The van der Waals surface area contributed by atoms with E-state index >= 15 is 0 Å². The molecule has 5 atom stereocenters. The van der Waals surface area contributed by atoms with Crippen molar-refractivity contribution in [1.29, 1.82) is 0 Å². The van der Waals surface area contributed by atoms with E-state index in [1.54, 1.807) is 50.3 Å². The van der Waals surface area contributed by atoms with Crippen molar-refractivity contribution in [3.8, 4) is 5.75 Å². The largest absolute Gasteiger partial charge is 0.493 e. The molecule has 2 bridgehead atoms. The number of allylic oxidation sites excluding steroid dienone is 3. The number of carbonyl (C=O) groups excluding carboxylic acids is 8. The lowest BCUT2D eigenvalue weighted by molar-refractivity contribution is -0.235. The Labute approximate surface area is 323 Å². The number of ether oxygens (including phenoxy) is 5. The second-order valence-corrected chi connectivity index (χ2v) is 15.0. The second-order valence-electron chi connectivity index (χ2n) is 15.0. The van der Waals surface area contributed by atoms with Gasteiger partial charge in [-0.15, -0.1) is 0 Å². The first kappa shape index (κ1) is 40.1. The number of carbonyl (C=O) groups is 8. The van der Waals surface area contributed by atoms with Crippen LogP contribution in [0, 0.1) is 11.3 Å². The first-order valence-electron chi connectivity index (χ1n) is 18.9. The summed E-state index contributed by atoms with van der Waals surface area (Å²) in [5.41, 5.74) is -2.53. The molecular weight excluding hydrogens is 728 g/mol. The average Bonchev–Trinajstić information content (AvgIpc) is 3.49. The number of benzene rings is 1. The predicted octanol–water partition coefficient (Wildman–Crippen LogP) is 3.98. The minimum absolute atomic E-state index is 0.0245. The van der Waals surface area contributed by atoms with Crippen LogP contribution in [0.5, 0.6) is 5.75 Å². The van der Waals surface area contributed by atoms with E-state index in [4.69, 9.17) is 23.7 Å². The lowest BCUT2D eigenvalue weighted by atomic mass is 9.62. The Balaban J connectivity index is 0.990. The fraction of sp³-hybridized carbons (Fsp3) is 0.512. The van der Waals surface area contributed by atoms with Gasteiger partial charge in [0.15, 0.2) is 0 Å². The Kier molecular flexibility index (Phi) is 11.4. The number of piperidine rings is 1. The molecule has 0 spiro atoms. The minimum Gasteiger partial charge on any atom is -0.493 e. The van der Waals surface area contributed by atoms with Crippen molar-refractivity contribution in [2.75, 3.05) is 20.3 Å². The molecule has 4 amide bonds. The van der Waals surface area contributed by atoms with Gasteiger partial charge in [-0.25, -0.2) is 9.59 Å². The molecule has 298 valence electrons. The summed E-state index contributed by atoms with van der Waals surface area (Å²) in [4.78, 5) is 103. The lowest BCUT2D eigenvalue weighted by Crippen LogP contribution is -2.65. The number of rotatable bonds is 13. The van der Waals surface area contributed by atoms with Crippen molar-refractivity contribution in [2.45, 2.75) is 102 Å². The summed E-state index contributed by atoms with van der Waals surface area (Å²) in [6.07, 6.45) is 10.1. The maximum Gasteiger partial charge on any atom is 0.333 e. The summed E-state index contributed by atoms with van der Waals surface area (Å²) < 4.78 is 28.4. The van der Waals surface area contributed by atoms with Crippen LogP contribution in [0.1, 0.15) is 106 Å². The summed E-state index contributed by atoms with van der Waals surface area (Å²) in [6.45, 7) is 5.04. The summed E-state index contributed by atoms with van der Waals surface area (Å²) in [5, 5.41) is 2.18. The van der Waals surface area contributed by atoms with Crippen LogP contribution in [0.2, 0.25) is 0 Å². The number of amides is 4. The molecule has 1 unspecified atom stereocenters. The maximum atomic E-state index is 13.8. The molecule has 2 saturated heterocycles. The highest BCUT2D eigenvalue weighted by molar-refractivity contribution is 6.24. The van der Waals surface area contributed by atoms with E-state index in [0.29, 0.717) is 43.3 Å². The van der Waals surface area contributed by atoms with E-state index in [0.717, 1.165) is 4.90 Å². The molecule has 56 heavy (non-hydrogen) atoms. The van der Waals surface area contributed by atoms with Gasteiger partial charge in [-0.05, 0) is 89.8 Å². The van der Waals surface area contributed by atoms with Crippen molar-refractivity contribution < 1.29 is 62.0 Å². The van der Waals surface area contributed by atoms with Crippen LogP contribution >= 0.6 is 0 Å². The van der Waals surface area contributed by atoms with Crippen LogP contribution in [0.4, 0.5) is 0 Å². The standard InChI is InChI=1S/C41H46N2O13/c1-24(10-9-18-39(3)30-17-20-40(38(51)56-39)19-15-26(37(50)52-4)16-21-41(30,40)55-25(2)44)36(49)54-23-7-5-6-22-53-29-12-8-11-27-32(29)35(48)43(34(27)47)28-13-14-31(45)42-33(28)46/h8-12,15,18,28,30H,5-7,13-14,16-17,19-23H2,1-4H3,(H,42,45,46)/b18-9+,24-10+/t28?,30-,39-,40-,41+/m1/s1. The number of hydrogen-bond donors (Lipinski definition) is 1. The molecule has 1 aromatic rings. The Morgan fingerprint density at radius 3 is 2.48 bits per heavy atom. The fourth-order valence-corrected chi connectivity index (χ4v) is 8.89. The average molecular weight is 775 g/mol. The zero-order valence-corrected chi connectivity index (χ0v) is 31.9. The molecule has 3 fully saturated rings. The highest BCUT2D eigenvalue weighted by atomic mass is 16.6. The van der Waals surface area contributed by atoms with Gasteiger partial charge in [0.2, 0.25) is 11.8 Å². The third kappa shape index (κ3) is 7.14. The third-order valence-electron chi connectivity index (χ3n) is 11.7. The fourth-order valence-electron chi connectivity index (χ4n) is 8.89. The molecule has 1 N–H and O–H groups in total. The van der Waals surface area contributed by atoms with Gasteiger partial charge in [0.1, 0.15) is 28.4 Å². The number of esters is 4. The van der Waals surface area contributed by atoms with Crippen LogP contribution < -0.4 is 10.1 Å². The minimum atomic E-state index is -1.20. The molecule has 0 radical (unpaired) electrons. The Morgan fingerprint density at radius 2 is 1.75 bits per heavy atom. The number of unbranched alkanes of at least 4 members (excludes halogenated alkanes) is 2. The first-order valence-corrected chi connectivity index (χ1v) is 18.9. The molecular formula is C41H46N2O13. The van der Waals surface area contributed by atoms with E-state index < -0.39 is 76.1 Å². The molecule has 0 aromatic heterocycles. The van der Waals surface area contributed by atoms with E-state index in [1.807, 2.05) is 0 Å². The van der Waals surface area contributed by atoms with E-state index in [-0.39, 0.29) is 62.2 Å². The summed E-state index contributed by atoms with van der Waals surface area (Å²) in [7, 11) is 1.30. The van der Waals surface area contributed by atoms with Crippen molar-refractivity contribution in [3.05, 3.63) is 64.8 Å². The lowest BCUT2D eigenvalue weighted by Gasteiger charge is -2.54. The van der Waals surface area contributed by atoms with Gasteiger partial charge in [0.25, 0.3) is 11.8 Å². The van der Waals surface area contributed by atoms with Gasteiger partial charge in [-0.3, -0.25) is 39.0 Å². The number of nitrogens with one attached hydrogen (secondary N) is 1. The number of methoxy groups -OCH3 is 1. The van der Waals surface area contributed by atoms with Crippen molar-refractivity contribution >= 4 is 47.5 Å². The number of hydrogen-bond acceptors (Lipinski definition) is 13. The van der Waals surface area contributed by atoms with E-state index in [9.17, 15) is 38.4 Å². The maximum absolute atomic E-state index is 13.8. The van der Waals surface area contributed by atoms with Gasteiger partial charge in [-0.1, -0.05) is 24.3 Å². The number of imide groups is 2. The predicted molar refractivity (Wildman–Crippen MR) is 194 cm³/mol. The normalized spacial score (nSPS) is 28.5. The van der Waals surface area contributed by atoms with Crippen LogP contribution in [0.3, 0.4) is 0 Å². The van der Waals surface area contributed by atoms with Crippen LogP contribution in [0.15, 0.2) is 53.6 Å². The van der Waals surface area contributed by atoms with Crippen molar-refractivity contribution in [1.82, 2.24) is 10.2 Å². The summed E-state index contributed by atoms with van der Waals surface area (Å²) in [5.74, 6) is -4.61. The Hall–Kier alpha value is -5.60. The zero-order valence-electron chi connectivity index (χ0n) is 31.9. The molecule has 3 aliphatic heterocycles. The molecule has 5 aliphatic rings. The number of nitrogens with zero attached hydrogens (tertiary/aromatic N) is 1. The molecule has 2 aliphatic carbocycles. The van der Waals surface area contributed by atoms with Gasteiger partial charge in [0, 0.05) is 30.4 Å². The molecule has 1 saturated carbocycles. The van der Waals surface area contributed by atoms with Crippen molar-refractivity contribution in [3.63, 3.8) is 0 Å². The van der Waals surface area contributed by atoms with E-state index in [2.05, 4.69) is 5.32 Å². The Morgan fingerprint density at radius 1 is 0.982 bits per heavy atom. The number of cyclic esters (lactones) is 1. The van der Waals surface area contributed by atoms with Crippen LogP contribution in [-0.2, 0) is 47.7 Å². The highest BCUT2D eigenvalue weighted by Gasteiger charge is 2.74. The SMILES string of the molecule is COC(=O)C1=CC[C@@]23CC[C@H]([C@@](C)(/C=C/C=C(\C)C(=O)OCCCCCOc4cccc5c4C(=O)N(C4CCC(=O)NC4=O)C5=O)OC2=O)[C@@]3(OC(C)=O)CC1. The van der Waals surface area contributed by atoms with Gasteiger partial charge in [-0.2, -0.15) is 0 Å². The Bertz CT molecular complexity index is 1960. The summed E-state index contributed by atoms with van der Waals surface area (Å²) in [6, 6.07) is 3.60. The van der Waals surface area contributed by atoms with Crippen LogP contribution in [-0.4, -0.2) is 90.0 Å². The smallest absolute Gasteiger partial charge is 0.333 e. The molecule has 6 rings (SSSR count). The van der Waals surface area contributed by atoms with Crippen LogP contribution in [0.25, 0.3) is 0 Å². The monoisotopic (exact) mass is 774 g/mol. The second kappa shape index (κ2) is 15.9.